The van der Waals surface area contributed by atoms with Crippen LogP contribution in [0.15, 0.2) is 23.1 Å². The van der Waals surface area contributed by atoms with E-state index in [1.54, 1.807) is 4.57 Å². The molecule has 0 saturated heterocycles. The van der Waals surface area contributed by atoms with Crippen molar-refractivity contribution in [3.05, 3.63) is 45.4 Å². The highest BCUT2D eigenvalue weighted by molar-refractivity contribution is 7.81. The van der Waals surface area contributed by atoms with E-state index in [-0.39, 0.29) is 11.0 Å². The maximum absolute atomic E-state index is 12.5. The number of ether oxygens (including phenoxy) is 1. The zero-order valence-corrected chi connectivity index (χ0v) is 18.0. The van der Waals surface area contributed by atoms with E-state index in [1.165, 1.54) is 25.1 Å². The fourth-order valence-electron chi connectivity index (χ4n) is 3.78. The zero-order valence-electron chi connectivity index (χ0n) is 17.2. The van der Waals surface area contributed by atoms with Gasteiger partial charge in [0.25, 0.3) is 0 Å². The van der Waals surface area contributed by atoms with E-state index >= 15 is 0 Å². The predicted octanol–water partition coefficient (Wildman–Crippen LogP) is 3.89. The van der Waals surface area contributed by atoms with Gasteiger partial charge in [0.15, 0.2) is 5.43 Å². The molecule has 4 rings (SSSR count). The van der Waals surface area contributed by atoms with Crippen LogP contribution in [0.25, 0.3) is 11.4 Å². The monoisotopic (exact) mass is 414 g/mol. The van der Waals surface area contributed by atoms with Gasteiger partial charge in [0.2, 0.25) is 0 Å². The maximum Gasteiger partial charge on any atom is 0.341 e. The third kappa shape index (κ3) is 3.35. The summed E-state index contributed by atoms with van der Waals surface area (Å²) in [4.78, 5) is 28.1. The van der Waals surface area contributed by atoms with Crippen molar-refractivity contribution in [1.82, 2.24) is 9.55 Å². The van der Waals surface area contributed by atoms with Gasteiger partial charge in [0.1, 0.15) is 11.3 Å². The normalized spacial score (nSPS) is 20.7. The molecule has 3 heterocycles. The summed E-state index contributed by atoms with van der Waals surface area (Å²) in [6.45, 7) is 8.76. The van der Waals surface area contributed by atoms with Crippen LogP contribution in [0, 0.1) is 18.3 Å². The van der Waals surface area contributed by atoms with Crippen molar-refractivity contribution in [1.29, 1.82) is 0 Å². The first kappa shape index (κ1) is 20.0. The van der Waals surface area contributed by atoms with E-state index in [4.69, 9.17) is 22.3 Å². The number of aromatic nitrogens is 2. The number of hydrogen-bond donors (Lipinski definition) is 2. The summed E-state index contributed by atoms with van der Waals surface area (Å²) in [5.74, 6) is 0.157. The Balaban J connectivity index is 1.91. The van der Waals surface area contributed by atoms with Crippen LogP contribution in [0.1, 0.15) is 55.2 Å². The Morgan fingerprint density at radius 2 is 2.07 bits per heavy atom. The van der Waals surface area contributed by atoms with Crippen molar-refractivity contribution in [2.24, 2.45) is 11.3 Å². The van der Waals surface area contributed by atoms with Crippen LogP contribution < -0.4 is 10.2 Å². The highest BCUT2D eigenvalue weighted by Gasteiger charge is 2.45. The lowest BCUT2D eigenvalue weighted by Crippen LogP contribution is -2.46. The SMILES string of the molecule is Cc1nc2c(cc1OCC1CC1)C[C@](S)(C(C)(C)C)n1cc(C(=O)O)c(=O)cc1-2. The first-order chi connectivity index (χ1) is 13.5. The van der Waals surface area contributed by atoms with E-state index in [9.17, 15) is 14.7 Å². The van der Waals surface area contributed by atoms with Gasteiger partial charge in [-0.3, -0.25) is 4.79 Å². The molecule has 1 aliphatic heterocycles. The Labute approximate surface area is 175 Å². The second-order valence-corrected chi connectivity index (χ2v) is 9.93. The average molecular weight is 415 g/mol. The minimum absolute atomic E-state index is 0.263. The molecule has 0 bridgehead atoms. The average Bonchev–Trinajstić information content (AvgIpc) is 3.43. The van der Waals surface area contributed by atoms with E-state index < -0.39 is 16.3 Å². The Morgan fingerprint density at radius 1 is 1.38 bits per heavy atom. The second-order valence-electron chi connectivity index (χ2n) is 9.19. The van der Waals surface area contributed by atoms with Gasteiger partial charge < -0.3 is 14.4 Å². The summed E-state index contributed by atoms with van der Waals surface area (Å²) in [5.41, 5.74) is 1.86. The lowest BCUT2D eigenvalue weighted by Gasteiger charge is -2.47. The molecule has 0 amide bonds. The number of pyridine rings is 2. The number of aromatic carboxylic acids is 1. The van der Waals surface area contributed by atoms with Gasteiger partial charge in [-0.2, -0.15) is 12.6 Å². The standard InChI is InChI=1S/C22H26N2O4S/c1-12-18(28-11-13-5-6-13)7-14-9-22(29,21(2,3)4)24-10-15(20(26)27)17(25)8-16(24)19(14)23-12/h7-8,10,13,29H,5-6,9,11H2,1-4H3,(H,26,27)/t22-/m0/s1. The molecular formula is C22H26N2O4S. The third-order valence-electron chi connectivity index (χ3n) is 5.98. The lowest BCUT2D eigenvalue weighted by atomic mass is 9.79. The molecule has 0 aromatic carbocycles. The number of hydrogen-bond acceptors (Lipinski definition) is 5. The number of carboxylic acid groups (broad SMARTS) is 1. The fourth-order valence-corrected chi connectivity index (χ4v) is 4.12. The zero-order chi connectivity index (χ0) is 21.1. The maximum atomic E-state index is 12.5. The van der Waals surface area contributed by atoms with Gasteiger partial charge in [-0.1, -0.05) is 20.8 Å². The molecule has 1 aliphatic carbocycles. The molecule has 1 N–H and O–H groups in total. The summed E-state index contributed by atoms with van der Waals surface area (Å²) >= 11 is 5.04. The molecule has 1 fully saturated rings. The van der Waals surface area contributed by atoms with Gasteiger partial charge >= 0.3 is 5.97 Å². The smallest absolute Gasteiger partial charge is 0.341 e. The van der Waals surface area contributed by atoms with Crippen molar-refractivity contribution in [2.45, 2.75) is 51.8 Å². The molecule has 154 valence electrons. The first-order valence-electron chi connectivity index (χ1n) is 9.88. The minimum atomic E-state index is -1.24. The predicted molar refractivity (Wildman–Crippen MR) is 114 cm³/mol. The number of fused-ring (bicyclic) bond motifs is 3. The Hall–Kier alpha value is -2.28. The van der Waals surface area contributed by atoms with Crippen LogP contribution >= 0.6 is 12.6 Å². The van der Waals surface area contributed by atoms with Crippen LogP contribution in [0.3, 0.4) is 0 Å². The summed E-state index contributed by atoms with van der Waals surface area (Å²) in [6, 6.07) is 3.38. The number of nitrogens with zero attached hydrogens (tertiary/aromatic N) is 2. The van der Waals surface area contributed by atoms with Crippen LogP contribution in [0.5, 0.6) is 5.75 Å². The van der Waals surface area contributed by atoms with Crippen molar-refractivity contribution in [3.8, 4) is 17.1 Å². The van der Waals surface area contributed by atoms with Gasteiger partial charge in [0.05, 0.1) is 28.6 Å². The number of carboxylic acids is 1. The molecule has 0 spiro atoms. The Morgan fingerprint density at radius 3 is 2.66 bits per heavy atom. The largest absolute Gasteiger partial charge is 0.491 e. The second kappa shape index (κ2) is 6.62. The molecule has 2 aliphatic rings. The van der Waals surface area contributed by atoms with Crippen LogP contribution in [0.2, 0.25) is 0 Å². The van der Waals surface area contributed by atoms with E-state index in [1.807, 2.05) is 13.0 Å². The van der Waals surface area contributed by atoms with Crippen LogP contribution in [0.4, 0.5) is 0 Å². The molecule has 1 atom stereocenters. The quantitative estimate of drug-likeness (QED) is 0.742. The van der Waals surface area contributed by atoms with E-state index in [0.717, 1.165) is 17.0 Å². The molecule has 2 aromatic rings. The lowest BCUT2D eigenvalue weighted by molar-refractivity contribution is 0.0693. The molecular weight excluding hydrogens is 388 g/mol. The molecule has 0 unspecified atom stereocenters. The van der Waals surface area contributed by atoms with Crippen molar-refractivity contribution in [2.75, 3.05) is 6.61 Å². The number of thiol groups is 1. The number of carbonyl (C=O) groups is 1. The van der Waals surface area contributed by atoms with Crippen molar-refractivity contribution in [3.63, 3.8) is 0 Å². The number of aryl methyl sites for hydroxylation is 1. The minimum Gasteiger partial charge on any atom is -0.491 e. The molecule has 29 heavy (non-hydrogen) atoms. The van der Waals surface area contributed by atoms with Gasteiger partial charge in [-0.05, 0) is 42.7 Å². The van der Waals surface area contributed by atoms with Gasteiger partial charge in [-0.25, -0.2) is 9.78 Å². The summed E-state index contributed by atoms with van der Waals surface area (Å²) in [6.07, 6.45) is 4.37. The van der Waals surface area contributed by atoms with Gasteiger partial charge in [0, 0.05) is 18.7 Å². The Bertz CT molecular complexity index is 1070. The summed E-state index contributed by atoms with van der Waals surface area (Å²) in [5, 5.41) is 9.45. The first-order valence-corrected chi connectivity index (χ1v) is 10.3. The highest BCUT2D eigenvalue weighted by atomic mass is 32.1. The molecule has 2 aromatic heterocycles. The molecule has 7 heteroatoms. The van der Waals surface area contributed by atoms with Gasteiger partial charge in [-0.15, -0.1) is 0 Å². The third-order valence-corrected chi connectivity index (χ3v) is 7.02. The summed E-state index contributed by atoms with van der Waals surface area (Å²) in [7, 11) is 0. The van der Waals surface area contributed by atoms with Crippen molar-refractivity contribution >= 4 is 18.6 Å². The topological polar surface area (TPSA) is 81.4 Å². The highest BCUT2D eigenvalue weighted by Crippen LogP contribution is 2.49. The Kier molecular flexibility index (Phi) is 4.57. The fraction of sp³-hybridized carbons (Fsp3) is 0.500. The molecule has 1 saturated carbocycles. The number of rotatable bonds is 4. The summed E-state index contributed by atoms with van der Waals surface area (Å²) < 4.78 is 7.82. The molecule has 0 radical (unpaired) electrons. The van der Waals surface area contributed by atoms with Crippen LogP contribution in [-0.4, -0.2) is 27.2 Å². The van der Waals surface area contributed by atoms with Crippen molar-refractivity contribution < 1.29 is 14.6 Å². The molecule has 6 nitrogen and oxygen atoms in total. The van der Waals surface area contributed by atoms with E-state index in [2.05, 4.69) is 20.8 Å². The van der Waals surface area contributed by atoms with Crippen LogP contribution in [-0.2, 0) is 11.3 Å². The van der Waals surface area contributed by atoms with E-state index in [0.29, 0.717) is 30.3 Å².